The number of nitrogens with one attached hydrogen (secondary N) is 1. The molecule has 0 aliphatic carbocycles. The van der Waals surface area contributed by atoms with Crippen molar-refractivity contribution >= 4 is 46.2 Å². The maximum atomic E-state index is 13.7. The fraction of sp³-hybridized carbons (Fsp3) is 0.211. The molecule has 0 atom stereocenters. The van der Waals surface area contributed by atoms with Crippen molar-refractivity contribution in [2.75, 3.05) is 13.1 Å². The Bertz CT molecular complexity index is 881. The summed E-state index contributed by atoms with van der Waals surface area (Å²) in [7, 11) is 0. The predicted octanol–water partition coefficient (Wildman–Crippen LogP) is 3.67. The van der Waals surface area contributed by atoms with Gasteiger partial charge in [0, 0.05) is 30.0 Å². The molecule has 1 aliphatic rings. The zero-order valence-corrected chi connectivity index (χ0v) is 15.9. The Labute approximate surface area is 164 Å². The van der Waals surface area contributed by atoms with E-state index in [0.29, 0.717) is 12.8 Å². The van der Waals surface area contributed by atoms with Gasteiger partial charge in [-0.3, -0.25) is 19.3 Å². The second-order valence-electron chi connectivity index (χ2n) is 5.78. The Hall–Kier alpha value is -2.45. The lowest BCUT2D eigenvalue weighted by Crippen LogP contribution is -2.37. The van der Waals surface area contributed by atoms with E-state index in [-0.39, 0.29) is 29.5 Å². The Morgan fingerprint density at radius 1 is 1.19 bits per heavy atom. The Morgan fingerprint density at radius 2 is 2.00 bits per heavy atom. The van der Waals surface area contributed by atoms with E-state index >= 15 is 0 Å². The van der Waals surface area contributed by atoms with E-state index in [1.54, 1.807) is 23.5 Å². The van der Waals surface area contributed by atoms with E-state index in [4.69, 9.17) is 0 Å². The molecule has 0 radical (unpaired) electrons. The fourth-order valence-electron chi connectivity index (χ4n) is 2.51. The summed E-state index contributed by atoms with van der Waals surface area (Å²) in [6, 6.07) is 9.95. The average molecular weight is 404 g/mol. The summed E-state index contributed by atoms with van der Waals surface area (Å²) in [4.78, 5) is 38.7. The maximum Gasteiger partial charge on any atom is 0.293 e. The number of carbonyl (C=O) groups excluding carboxylic acids is 3. The van der Waals surface area contributed by atoms with Crippen molar-refractivity contribution < 1.29 is 18.8 Å². The van der Waals surface area contributed by atoms with Crippen LogP contribution in [0.25, 0.3) is 6.08 Å². The van der Waals surface area contributed by atoms with Crippen molar-refractivity contribution in [3.63, 3.8) is 0 Å². The first kappa shape index (κ1) is 19.3. The molecule has 8 heteroatoms. The first-order valence-corrected chi connectivity index (χ1v) is 10.0. The van der Waals surface area contributed by atoms with Gasteiger partial charge < -0.3 is 5.32 Å². The molecule has 1 saturated heterocycles. The highest BCUT2D eigenvalue weighted by molar-refractivity contribution is 8.18. The number of hydrogen-bond donors (Lipinski definition) is 1. The zero-order valence-electron chi connectivity index (χ0n) is 14.3. The lowest BCUT2D eigenvalue weighted by atomic mass is 10.2. The second kappa shape index (κ2) is 8.96. The number of amides is 3. The van der Waals surface area contributed by atoms with E-state index in [1.807, 2.05) is 17.5 Å². The van der Waals surface area contributed by atoms with Crippen LogP contribution in [-0.4, -0.2) is 35.0 Å². The molecule has 0 bridgehead atoms. The van der Waals surface area contributed by atoms with Gasteiger partial charge in [0.15, 0.2) is 0 Å². The molecule has 140 valence electrons. The highest BCUT2D eigenvalue weighted by atomic mass is 32.2. The number of thiophene rings is 1. The molecule has 3 amide bonds. The van der Waals surface area contributed by atoms with E-state index < -0.39 is 17.0 Å². The summed E-state index contributed by atoms with van der Waals surface area (Å²) >= 11 is 2.37. The first-order chi connectivity index (χ1) is 13.0. The summed E-state index contributed by atoms with van der Waals surface area (Å²) in [6.45, 7) is 0.276. The molecule has 1 aromatic carbocycles. The third-order valence-corrected chi connectivity index (χ3v) is 5.75. The summed E-state index contributed by atoms with van der Waals surface area (Å²) in [6.07, 6.45) is 2.39. The van der Waals surface area contributed by atoms with Crippen LogP contribution in [0.3, 0.4) is 0 Å². The molecular weight excluding hydrogens is 387 g/mol. The summed E-state index contributed by atoms with van der Waals surface area (Å²) in [5, 5.41) is 4.26. The summed E-state index contributed by atoms with van der Waals surface area (Å²) in [5.41, 5.74) is 0.255. The number of imide groups is 1. The molecule has 0 spiro atoms. The van der Waals surface area contributed by atoms with Crippen molar-refractivity contribution in [3.05, 3.63) is 62.9 Å². The van der Waals surface area contributed by atoms with E-state index in [2.05, 4.69) is 5.32 Å². The topological polar surface area (TPSA) is 66.5 Å². The lowest BCUT2D eigenvalue weighted by Gasteiger charge is -2.12. The molecule has 5 nitrogen and oxygen atoms in total. The van der Waals surface area contributed by atoms with Gasteiger partial charge >= 0.3 is 0 Å². The number of hydrogen-bond acceptors (Lipinski definition) is 5. The highest BCUT2D eigenvalue weighted by Crippen LogP contribution is 2.32. The van der Waals surface area contributed by atoms with Gasteiger partial charge in [-0.1, -0.05) is 24.3 Å². The summed E-state index contributed by atoms with van der Waals surface area (Å²) in [5.74, 6) is -1.05. The van der Waals surface area contributed by atoms with Crippen LogP contribution in [0.5, 0.6) is 0 Å². The van der Waals surface area contributed by atoms with Crippen LogP contribution in [0, 0.1) is 5.82 Å². The van der Waals surface area contributed by atoms with Crippen molar-refractivity contribution in [1.29, 1.82) is 0 Å². The van der Waals surface area contributed by atoms with Crippen LogP contribution in [0.2, 0.25) is 0 Å². The number of carbonyl (C=O) groups is 3. The number of aryl methyl sites for hydroxylation is 1. The number of rotatable bonds is 7. The van der Waals surface area contributed by atoms with Gasteiger partial charge in [0.2, 0.25) is 5.91 Å². The van der Waals surface area contributed by atoms with Gasteiger partial charge in [-0.05, 0) is 41.8 Å². The number of halogens is 1. The Balaban J connectivity index is 1.50. The largest absolute Gasteiger partial charge is 0.354 e. The van der Waals surface area contributed by atoms with Crippen molar-refractivity contribution in [3.8, 4) is 0 Å². The van der Waals surface area contributed by atoms with Crippen LogP contribution >= 0.6 is 23.1 Å². The zero-order chi connectivity index (χ0) is 19.2. The van der Waals surface area contributed by atoms with Crippen molar-refractivity contribution in [2.24, 2.45) is 0 Å². The molecule has 2 heterocycles. The molecule has 1 N–H and O–H groups in total. The maximum absolute atomic E-state index is 13.7. The number of thioether (sulfide) groups is 1. The molecule has 0 saturated carbocycles. The molecule has 1 fully saturated rings. The third-order valence-electron chi connectivity index (χ3n) is 3.90. The van der Waals surface area contributed by atoms with Gasteiger partial charge in [-0.15, -0.1) is 11.3 Å². The molecule has 1 aromatic heterocycles. The Morgan fingerprint density at radius 3 is 2.74 bits per heavy atom. The normalized spacial score (nSPS) is 15.6. The minimum Gasteiger partial charge on any atom is -0.354 e. The van der Waals surface area contributed by atoms with Crippen molar-refractivity contribution in [1.82, 2.24) is 10.2 Å². The smallest absolute Gasteiger partial charge is 0.293 e. The monoisotopic (exact) mass is 404 g/mol. The summed E-state index contributed by atoms with van der Waals surface area (Å²) < 4.78 is 13.7. The van der Waals surface area contributed by atoms with Crippen LogP contribution in [0.4, 0.5) is 9.18 Å². The van der Waals surface area contributed by atoms with Crippen LogP contribution in [0.15, 0.2) is 46.7 Å². The van der Waals surface area contributed by atoms with Crippen molar-refractivity contribution in [2.45, 2.75) is 12.8 Å². The van der Waals surface area contributed by atoms with E-state index in [9.17, 15) is 18.8 Å². The van der Waals surface area contributed by atoms with Gasteiger partial charge in [-0.25, -0.2) is 4.39 Å². The van der Waals surface area contributed by atoms with Gasteiger partial charge in [-0.2, -0.15) is 0 Å². The Kier molecular flexibility index (Phi) is 6.41. The molecule has 0 unspecified atom stereocenters. The fourth-order valence-corrected chi connectivity index (χ4v) is 4.08. The van der Waals surface area contributed by atoms with E-state index in [0.717, 1.165) is 21.5 Å². The van der Waals surface area contributed by atoms with E-state index in [1.165, 1.54) is 18.2 Å². The van der Waals surface area contributed by atoms with Crippen LogP contribution < -0.4 is 5.32 Å². The van der Waals surface area contributed by atoms with Gasteiger partial charge in [0.25, 0.3) is 11.1 Å². The second-order valence-corrected chi connectivity index (χ2v) is 7.81. The number of nitrogens with zero attached hydrogens (tertiary/aromatic N) is 1. The SMILES string of the molecule is O=C(CCc1cccs1)NCCN1C(=O)S/C(=C\c2ccccc2F)C1=O. The third kappa shape index (κ3) is 5.05. The number of benzene rings is 1. The molecule has 3 rings (SSSR count). The lowest BCUT2D eigenvalue weighted by molar-refractivity contribution is -0.124. The van der Waals surface area contributed by atoms with Gasteiger partial charge in [0.1, 0.15) is 5.82 Å². The molecular formula is C19H17FN2O3S2. The molecule has 2 aromatic rings. The quantitative estimate of drug-likeness (QED) is 0.715. The minimum absolute atomic E-state index is 0.0873. The molecule has 1 aliphatic heterocycles. The van der Waals surface area contributed by atoms with Crippen LogP contribution in [-0.2, 0) is 16.0 Å². The van der Waals surface area contributed by atoms with Gasteiger partial charge in [0.05, 0.1) is 4.91 Å². The van der Waals surface area contributed by atoms with Crippen LogP contribution in [0.1, 0.15) is 16.9 Å². The average Bonchev–Trinajstić information content (AvgIpc) is 3.25. The highest BCUT2D eigenvalue weighted by Gasteiger charge is 2.34. The standard InChI is InChI=1S/C19H17FN2O3S2/c20-15-6-2-1-4-13(15)12-16-18(24)22(19(25)27-16)10-9-21-17(23)8-7-14-5-3-11-26-14/h1-6,11-12H,7-10H2,(H,21,23)/b16-12-. The first-order valence-electron chi connectivity index (χ1n) is 8.33. The minimum atomic E-state index is -0.471. The predicted molar refractivity (Wildman–Crippen MR) is 105 cm³/mol. The molecule has 27 heavy (non-hydrogen) atoms.